The maximum Gasteiger partial charge on any atom is 0.129 e. The third kappa shape index (κ3) is 3.83. The molecule has 0 amide bonds. The van der Waals surface area contributed by atoms with E-state index in [1.165, 1.54) is 0 Å². The van der Waals surface area contributed by atoms with Gasteiger partial charge in [-0.25, -0.2) is 4.98 Å². The lowest BCUT2D eigenvalue weighted by atomic mass is 10.2. The Balaban J connectivity index is 2.95. The van der Waals surface area contributed by atoms with E-state index >= 15 is 0 Å². The van der Waals surface area contributed by atoms with Gasteiger partial charge in [0, 0.05) is 26.4 Å². The highest BCUT2D eigenvalue weighted by Gasteiger charge is 2.15. The predicted octanol–water partition coefficient (Wildman–Crippen LogP) is 2.32. The molecule has 0 radical (unpaired) electrons. The average Bonchev–Trinajstić information content (AvgIpc) is 2.34. The summed E-state index contributed by atoms with van der Waals surface area (Å²) in [5.74, 6) is 0.941. The van der Waals surface area contributed by atoms with Crippen LogP contribution in [0.3, 0.4) is 0 Å². The Kier molecular flexibility index (Phi) is 6.39. The lowest BCUT2D eigenvalue weighted by Crippen LogP contribution is -2.36. The molecule has 5 heteroatoms. The normalized spacial score (nSPS) is 12.5. The quantitative estimate of drug-likeness (QED) is 0.826. The summed E-state index contributed by atoms with van der Waals surface area (Å²) in [6.45, 7) is 6.55. The number of likely N-dealkylation sites (N-methyl/N-ethyl adjacent to an activating group) is 1. The number of nitrogens with zero attached hydrogens (tertiary/aromatic N) is 2. The van der Waals surface area contributed by atoms with E-state index in [1.807, 2.05) is 13.1 Å². The largest absolute Gasteiger partial charge is 0.383 e. The maximum atomic E-state index is 6.12. The van der Waals surface area contributed by atoms with E-state index in [4.69, 9.17) is 16.3 Å². The first-order chi connectivity index (χ1) is 8.63. The molecule has 1 rings (SSSR count). The van der Waals surface area contributed by atoms with Crippen LogP contribution in [0.5, 0.6) is 0 Å². The molecule has 1 atom stereocenters. The molecule has 1 N–H and O–H groups in total. The van der Waals surface area contributed by atoms with Gasteiger partial charge in [-0.15, -0.1) is 0 Å². The van der Waals surface area contributed by atoms with E-state index in [0.717, 1.165) is 24.5 Å². The van der Waals surface area contributed by atoms with E-state index in [0.29, 0.717) is 11.6 Å². The number of rotatable bonds is 7. The highest BCUT2D eigenvalue weighted by Crippen LogP contribution is 2.21. The van der Waals surface area contributed by atoms with Gasteiger partial charge in [0.25, 0.3) is 0 Å². The summed E-state index contributed by atoms with van der Waals surface area (Å²) in [7, 11) is 3.62. The van der Waals surface area contributed by atoms with Crippen molar-refractivity contribution in [1.29, 1.82) is 0 Å². The Morgan fingerprint density at radius 1 is 1.56 bits per heavy atom. The first-order valence-electron chi connectivity index (χ1n) is 6.18. The Morgan fingerprint density at radius 2 is 2.28 bits per heavy atom. The Morgan fingerprint density at radius 3 is 2.83 bits per heavy atom. The SMILES string of the molecule is CCN(c1cc(CNC)c(Cl)cn1)C(C)COC. The summed E-state index contributed by atoms with van der Waals surface area (Å²) >= 11 is 6.12. The summed E-state index contributed by atoms with van der Waals surface area (Å²) in [6.07, 6.45) is 1.71. The van der Waals surface area contributed by atoms with Crippen molar-refractivity contribution >= 4 is 17.4 Å². The van der Waals surface area contributed by atoms with Crippen LogP contribution in [0.25, 0.3) is 0 Å². The zero-order valence-corrected chi connectivity index (χ0v) is 12.3. The van der Waals surface area contributed by atoms with Crippen LogP contribution in [0, 0.1) is 0 Å². The van der Waals surface area contributed by atoms with Crippen molar-refractivity contribution in [2.24, 2.45) is 0 Å². The number of hydrogen-bond donors (Lipinski definition) is 1. The first kappa shape index (κ1) is 15.2. The van der Waals surface area contributed by atoms with Gasteiger partial charge in [0.2, 0.25) is 0 Å². The molecule has 0 aliphatic rings. The standard InChI is InChI=1S/C13H22ClN3O/c1-5-17(10(2)9-18-4)13-6-11(7-15-3)12(14)8-16-13/h6,8,10,15H,5,7,9H2,1-4H3. The third-order valence-corrected chi connectivity index (χ3v) is 3.20. The number of pyridine rings is 1. The molecule has 0 saturated heterocycles. The minimum absolute atomic E-state index is 0.288. The molecule has 18 heavy (non-hydrogen) atoms. The van der Waals surface area contributed by atoms with Crippen LogP contribution < -0.4 is 10.2 Å². The fourth-order valence-electron chi connectivity index (χ4n) is 1.98. The predicted molar refractivity (Wildman–Crippen MR) is 76.4 cm³/mol. The topological polar surface area (TPSA) is 37.4 Å². The molecule has 1 heterocycles. The molecule has 0 bridgehead atoms. The van der Waals surface area contributed by atoms with E-state index in [-0.39, 0.29) is 6.04 Å². The molecule has 0 aliphatic heterocycles. The van der Waals surface area contributed by atoms with Gasteiger partial charge in [-0.1, -0.05) is 11.6 Å². The minimum atomic E-state index is 0.288. The number of ether oxygens (including phenoxy) is 1. The van der Waals surface area contributed by atoms with Crippen molar-refractivity contribution in [3.8, 4) is 0 Å². The van der Waals surface area contributed by atoms with E-state index < -0.39 is 0 Å². The summed E-state index contributed by atoms with van der Waals surface area (Å²) in [5.41, 5.74) is 1.06. The molecular weight excluding hydrogens is 250 g/mol. The van der Waals surface area contributed by atoms with Crippen molar-refractivity contribution in [3.63, 3.8) is 0 Å². The van der Waals surface area contributed by atoms with Crippen LogP contribution in [-0.2, 0) is 11.3 Å². The number of nitrogens with one attached hydrogen (secondary N) is 1. The average molecular weight is 272 g/mol. The van der Waals surface area contributed by atoms with Gasteiger partial charge in [0.15, 0.2) is 0 Å². The smallest absolute Gasteiger partial charge is 0.129 e. The molecule has 1 aromatic heterocycles. The highest BCUT2D eigenvalue weighted by molar-refractivity contribution is 6.31. The number of methoxy groups -OCH3 is 1. The van der Waals surface area contributed by atoms with Crippen LogP contribution in [0.4, 0.5) is 5.82 Å². The zero-order chi connectivity index (χ0) is 13.5. The van der Waals surface area contributed by atoms with E-state index in [9.17, 15) is 0 Å². The number of halogens is 1. The van der Waals surface area contributed by atoms with Crippen molar-refractivity contribution in [1.82, 2.24) is 10.3 Å². The second-order valence-corrected chi connectivity index (χ2v) is 4.66. The summed E-state index contributed by atoms with van der Waals surface area (Å²) < 4.78 is 5.20. The van der Waals surface area contributed by atoms with Crippen LogP contribution >= 0.6 is 11.6 Å². The second kappa shape index (κ2) is 7.56. The van der Waals surface area contributed by atoms with Gasteiger partial charge in [0.05, 0.1) is 17.7 Å². The third-order valence-electron chi connectivity index (χ3n) is 2.86. The molecule has 4 nitrogen and oxygen atoms in total. The highest BCUT2D eigenvalue weighted by atomic mass is 35.5. The first-order valence-corrected chi connectivity index (χ1v) is 6.56. The van der Waals surface area contributed by atoms with Gasteiger partial charge in [-0.2, -0.15) is 0 Å². The molecule has 102 valence electrons. The van der Waals surface area contributed by atoms with Crippen LogP contribution in [0.15, 0.2) is 12.3 Å². The Bertz CT molecular complexity index is 373. The number of hydrogen-bond acceptors (Lipinski definition) is 4. The molecule has 0 aromatic carbocycles. The second-order valence-electron chi connectivity index (χ2n) is 4.25. The van der Waals surface area contributed by atoms with Crippen LogP contribution in [0.1, 0.15) is 19.4 Å². The van der Waals surface area contributed by atoms with Crippen molar-refractivity contribution in [2.45, 2.75) is 26.4 Å². The lowest BCUT2D eigenvalue weighted by Gasteiger charge is -2.29. The van der Waals surface area contributed by atoms with Crippen LogP contribution in [-0.4, -0.2) is 38.3 Å². The number of anilines is 1. The fourth-order valence-corrected chi connectivity index (χ4v) is 2.15. The van der Waals surface area contributed by atoms with Gasteiger partial charge >= 0.3 is 0 Å². The van der Waals surface area contributed by atoms with Gasteiger partial charge in [0.1, 0.15) is 5.82 Å². The van der Waals surface area contributed by atoms with Crippen LogP contribution in [0.2, 0.25) is 5.02 Å². The summed E-state index contributed by atoms with van der Waals surface area (Å²) in [5, 5.41) is 3.81. The lowest BCUT2D eigenvalue weighted by molar-refractivity contribution is 0.181. The van der Waals surface area contributed by atoms with Crippen molar-refractivity contribution < 1.29 is 4.74 Å². The van der Waals surface area contributed by atoms with Gasteiger partial charge in [-0.05, 0) is 32.5 Å². The molecule has 1 unspecified atom stereocenters. The van der Waals surface area contributed by atoms with E-state index in [2.05, 4.69) is 29.0 Å². The molecule has 0 aliphatic carbocycles. The minimum Gasteiger partial charge on any atom is -0.383 e. The summed E-state index contributed by atoms with van der Waals surface area (Å²) in [6, 6.07) is 2.32. The monoisotopic (exact) mass is 271 g/mol. The Labute approximate surface area is 114 Å². The Hall–Kier alpha value is -0.840. The molecule has 0 spiro atoms. The molecule has 0 fully saturated rings. The molecule has 1 aromatic rings. The van der Waals surface area contributed by atoms with Crippen molar-refractivity contribution in [3.05, 3.63) is 22.8 Å². The fraction of sp³-hybridized carbons (Fsp3) is 0.615. The van der Waals surface area contributed by atoms with Gasteiger partial charge in [-0.3, -0.25) is 0 Å². The molecular formula is C13H22ClN3O. The van der Waals surface area contributed by atoms with E-state index in [1.54, 1.807) is 13.3 Å². The van der Waals surface area contributed by atoms with Crippen molar-refractivity contribution in [2.75, 3.05) is 32.2 Å². The van der Waals surface area contributed by atoms with Gasteiger partial charge < -0.3 is 15.0 Å². The number of aromatic nitrogens is 1. The zero-order valence-electron chi connectivity index (χ0n) is 11.5. The molecule has 0 saturated carbocycles. The summed E-state index contributed by atoms with van der Waals surface area (Å²) in [4.78, 5) is 6.61. The maximum absolute atomic E-state index is 6.12.